The summed E-state index contributed by atoms with van der Waals surface area (Å²) >= 11 is 0. The quantitative estimate of drug-likeness (QED) is 0.332. The number of benzene rings is 3. The van der Waals surface area contributed by atoms with Crippen LogP contribution >= 0.6 is 0 Å². The van der Waals surface area contributed by atoms with Crippen LogP contribution in [-0.2, 0) is 40.4 Å². The van der Waals surface area contributed by atoms with Crippen LogP contribution in [-0.4, -0.2) is 47.3 Å². The van der Waals surface area contributed by atoms with E-state index in [9.17, 15) is 47.3 Å². The molecule has 4 N–H and O–H groups in total. The summed E-state index contributed by atoms with van der Waals surface area (Å²) in [6, 6.07) is 7.70. The summed E-state index contributed by atoms with van der Waals surface area (Å²) in [5, 5.41) is -0.970. The molecule has 3 rings (SSSR count). The predicted octanol–water partition coefficient (Wildman–Crippen LogP) is 1.69. The molecule has 3 aromatic carbocycles. The monoisotopic (exact) mass is 537 g/mol. The van der Waals surface area contributed by atoms with Crippen LogP contribution in [0.4, 0.5) is 5.69 Å². The number of aryl methyl sites for hydroxylation is 1. The van der Waals surface area contributed by atoms with Gasteiger partial charge in [0.05, 0.1) is 15.5 Å². The summed E-state index contributed by atoms with van der Waals surface area (Å²) in [6.07, 6.45) is 0. The maximum Gasteiger partial charge on any atom is 0.296 e. The van der Waals surface area contributed by atoms with Gasteiger partial charge in [-0.05, 0) is 48.7 Å². The molecule has 0 spiro atoms. The number of rotatable bonds is 6. The molecule has 0 unspecified atom stereocenters. The van der Waals surface area contributed by atoms with Crippen molar-refractivity contribution in [2.24, 2.45) is 0 Å². The second-order valence-electron chi connectivity index (χ2n) is 6.83. The second-order valence-corrected chi connectivity index (χ2v) is 12.7. The largest absolute Gasteiger partial charge is 0.296 e. The third-order valence-electron chi connectivity index (χ3n) is 4.42. The fourth-order valence-corrected chi connectivity index (χ4v) is 6.05. The van der Waals surface area contributed by atoms with E-state index in [1.165, 1.54) is 24.3 Å². The Kier molecular flexibility index (Phi) is 6.08. The van der Waals surface area contributed by atoms with Crippen molar-refractivity contribution in [3.05, 3.63) is 54.1 Å². The van der Waals surface area contributed by atoms with Crippen molar-refractivity contribution < 1.29 is 47.3 Å². The van der Waals surface area contributed by atoms with E-state index in [0.717, 1.165) is 5.56 Å². The summed E-state index contributed by atoms with van der Waals surface area (Å²) in [6.45, 7) is 1.70. The first-order valence-electron chi connectivity index (χ1n) is 8.53. The van der Waals surface area contributed by atoms with Crippen molar-refractivity contribution >= 4 is 56.8 Å². The fourth-order valence-electron chi connectivity index (χ4n) is 2.91. The summed E-state index contributed by atoms with van der Waals surface area (Å²) in [4.78, 5) is -3.40. The first-order valence-corrected chi connectivity index (χ1v) is 14.3. The van der Waals surface area contributed by atoms with Gasteiger partial charge in [0, 0.05) is 5.39 Å². The molecule has 3 aromatic rings. The van der Waals surface area contributed by atoms with Gasteiger partial charge in [-0.25, -0.2) is 8.42 Å². The lowest BCUT2D eigenvalue weighted by Crippen LogP contribution is -2.16. The van der Waals surface area contributed by atoms with Crippen molar-refractivity contribution in [2.45, 2.75) is 26.5 Å². The predicted molar refractivity (Wildman–Crippen MR) is 115 cm³/mol. The molecule has 0 atom stereocenters. The van der Waals surface area contributed by atoms with Crippen molar-refractivity contribution in [1.82, 2.24) is 0 Å². The summed E-state index contributed by atoms with van der Waals surface area (Å²) < 4.78 is 126. The minimum Gasteiger partial charge on any atom is -0.282 e. The summed E-state index contributed by atoms with van der Waals surface area (Å²) in [5.74, 6) is 0. The molecular weight excluding hydrogens is 522 g/mol. The molecule has 12 nitrogen and oxygen atoms in total. The first-order chi connectivity index (χ1) is 14.9. The molecule has 0 saturated heterocycles. The van der Waals surface area contributed by atoms with Crippen LogP contribution in [0.1, 0.15) is 5.56 Å². The lowest BCUT2D eigenvalue weighted by molar-refractivity contribution is 0.480. The van der Waals surface area contributed by atoms with Crippen LogP contribution in [0.3, 0.4) is 0 Å². The molecule has 0 aliphatic heterocycles. The highest BCUT2D eigenvalue weighted by Gasteiger charge is 2.26. The molecule has 33 heavy (non-hydrogen) atoms. The lowest BCUT2D eigenvalue weighted by atomic mass is 10.1. The first kappa shape index (κ1) is 25.0. The minimum absolute atomic E-state index is 0.286. The molecule has 0 fully saturated rings. The van der Waals surface area contributed by atoms with E-state index < -0.39 is 71.5 Å². The Morgan fingerprint density at radius 1 is 0.636 bits per heavy atom. The average molecular weight is 538 g/mol. The lowest BCUT2D eigenvalue weighted by Gasteiger charge is -2.14. The van der Waals surface area contributed by atoms with Crippen LogP contribution in [0.25, 0.3) is 10.8 Å². The second kappa shape index (κ2) is 8.01. The Morgan fingerprint density at radius 2 is 1.18 bits per heavy atom. The molecule has 0 aliphatic carbocycles. The molecule has 178 valence electrons. The molecule has 0 aliphatic rings. The molecule has 0 bridgehead atoms. The molecule has 16 heteroatoms. The molecule has 0 aromatic heterocycles. The van der Waals surface area contributed by atoms with E-state index in [4.69, 9.17) is 0 Å². The average Bonchev–Trinajstić information content (AvgIpc) is 2.64. The van der Waals surface area contributed by atoms with Crippen LogP contribution in [0.15, 0.2) is 68.1 Å². The van der Waals surface area contributed by atoms with Crippen LogP contribution in [0.2, 0.25) is 0 Å². The molecule has 0 amide bonds. The van der Waals surface area contributed by atoms with Crippen molar-refractivity contribution in [1.29, 1.82) is 0 Å². The van der Waals surface area contributed by atoms with E-state index in [1.54, 1.807) is 6.92 Å². The van der Waals surface area contributed by atoms with Gasteiger partial charge in [0.2, 0.25) is 0 Å². The number of hydrogen-bond acceptors (Lipinski definition) is 8. The number of nitrogens with one attached hydrogen (secondary N) is 1. The van der Waals surface area contributed by atoms with Gasteiger partial charge in [0.15, 0.2) is 0 Å². The standard InChI is InChI=1S/C17H15NO11S4/c1-10-2-4-12(5-3-10)30(19,20)18-15-9-14-11(7-17(15)33(27,28)29)6-13(31(21,22)23)8-16(14)32(24,25)26/h2-9,18H,1H3,(H,21,22,23)(H,24,25,26)(H,27,28,29). The van der Waals surface area contributed by atoms with Gasteiger partial charge in [-0.1, -0.05) is 17.7 Å². The van der Waals surface area contributed by atoms with Gasteiger partial charge >= 0.3 is 0 Å². The van der Waals surface area contributed by atoms with E-state index >= 15 is 0 Å². The van der Waals surface area contributed by atoms with Gasteiger partial charge in [-0.15, -0.1) is 0 Å². The normalized spacial score (nSPS) is 13.2. The van der Waals surface area contributed by atoms with Crippen molar-refractivity contribution in [3.63, 3.8) is 0 Å². The number of sulfonamides is 1. The van der Waals surface area contributed by atoms with E-state index in [0.29, 0.717) is 24.3 Å². The third kappa shape index (κ3) is 5.32. The van der Waals surface area contributed by atoms with Gasteiger partial charge in [0.25, 0.3) is 40.4 Å². The van der Waals surface area contributed by atoms with E-state index in [1.807, 2.05) is 4.72 Å². The number of fused-ring (bicyclic) bond motifs is 1. The number of anilines is 1. The van der Waals surface area contributed by atoms with E-state index in [2.05, 4.69) is 0 Å². The Bertz CT molecular complexity index is 1710. The van der Waals surface area contributed by atoms with Gasteiger partial charge < -0.3 is 0 Å². The summed E-state index contributed by atoms with van der Waals surface area (Å²) in [7, 11) is -19.7. The zero-order valence-electron chi connectivity index (χ0n) is 16.4. The van der Waals surface area contributed by atoms with Crippen molar-refractivity contribution in [2.75, 3.05) is 4.72 Å². The highest BCUT2D eigenvalue weighted by atomic mass is 32.2. The van der Waals surface area contributed by atoms with Gasteiger partial charge in [-0.3, -0.25) is 18.4 Å². The van der Waals surface area contributed by atoms with Crippen molar-refractivity contribution in [3.8, 4) is 0 Å². The van der Waals surface area contributed by atoms with Crippen LogP contribution in [0.5, 0.6) is 0 Å². The minimum atomic E-state index is -5.14. The van der Waals surface area contributed by atoms with E-state index in [-0.39, 0.29) is 4.90 Å². The van der Waals surface area contributed by atoms with Crippen LogP contribution < -0.4 is 4.72 Å². The van der Waals surface area contributed by atoms with Crippen LogP contribution in [0, 0.1) is 6.92 Å². The third-order valence-corrected chi connectivity index (χ3v) is 8.42. The fraction of sp³-hybridized carbons (Fsp3) is 0.0588. The molecular formula is C17H15NO11S4. The zero-order chi connectivity index (χ0) is 25.0. The SMILES string of the molecule is Cc1ccc(S(=O)(=O)Nc2cc3c(S(=O)(=O)O)cc(S(=O)(=O)O)cc3cc2S(=O)(=O)O)cc1. The smallest absolute Gasteiger partial charge is 0.282 e. The van der Waals surface area contributed by atoms with Gasteiger partial charge in [0.1, 0.15) is 9.79 Å². The zero-order valence-corrected chi connectivity index (χ0v) is 19.6. The Hall–Kier alpha value is -2.60. The molecule has 0 radical (unpaired) electrons. The van der Waals surface area contributed by atoms with Gasteiger partial charge in [-0.2, -0.15) is 25.3 Å². The Labute approximate surface area is 189 Å². The molecule has 0 heterocycles. The Balaban J connectivity index is 2.39. The number of hydrogen-bond donors (Lipinski definition) is 4. The topological polar surface area (TPSA) is 209 Å². The maximum atomic E-state index is 12.7. The summed E-state index contributed by atoms with van der Waals surface area (Å²) in [5.41, 5.74) is -0.0548. The highest BCUT2D eigenvalue weighted by Crippen LogP contribution is 2.34. The Morgan fingerprint density at radius 3 is 1.67 bits per heavy atom. The molecule has 0 saturated carbocycles. The maximum absolute atomic E-state index is 12.7. The highest BCUT2D eigenvalue weighted by molar-refractivity contribution is 7.93.